The minimum atomic E-state index is -0.0604. The number of nitrogens with one attached hydrogen (secondary N) is 1. The van der Waals surface area contributed by atoms with Gasteiger partial charge in [-0.1, -0.05) is 48.5 Å². The average molecular weight is 771 g/mol. The van der Waals surface area contributed by atoms with Crippen LogP contribution in [0, 0.1) is 0 Å². The average Bonchev–Trinajstić information content (AvgIpc) is 3.25. The lowest BCUT2D eigenvalue weighted by atomic mass is 10.1. The third-order valence-corrected chi connectivity index (χ3v) is 10.9. The van der Waals surface area contributed by atoms with Crippen LogP contribution >= 0.6 is 0 Å². The summed E-state index contributed by atoms with van der Waals surface area (Å²) in [7, 11) is 2.14. The zero-order valence-corrected chi connectivity index (χ0v) is 33.7. The highest BCUT2D eigenvalue weighted by Crippen LogP contribution is 2.30. The molecule has 4 aromatic carbocycles. The molecule has 2 fully saturated rings. The van der Waals surface area contributed by atoms with Gasteiger partial charge in [0.2, 0.25) is 0 Å². The van der Waals surface area contributed by atoms with Crippen molar-refractivity contribution in [3.8, 4) is 22.9 Å². The van der Waals surface area contributed by atoms with Gasteiger partial charge in [0.05, 0.1) is 58.5 Å². The first kappa shape index (κ1) is 39.8. The summed E-state index contributed by atoms with van der Waals surface area (Å²) in [5.74, 6) is 2.89. The number of ether oxygens (including phenoxy) is 2. The molecule has 12 nitrogen and oxygen atoms in total. The van der Waals surface area contributed by atoms with Crippen molar-refractivity contribution < 1.29 is 9.47 Å². The summed E-state index contributed by atoms with van der Waals surface area (Å²) < 4.78 is 15.2. The minimum Gasteiger partial charge on any atom is -0.492 e. The molecule has 0 spiro atoms. The van der Waals surface area contributed by atoms with Gasteiger partial charge in [-0.3, -0.25) is 28.5 Å². The highest BCUT2D eigenvalue weighted by Gasteiger charge is 2.27. The fourth-order valence-electron chi connectivity index (χ4n) is 7.77. The number of piperazine rings is 2. The van der Waals surface area contributed by atoms with Crippen molar-refractivity contribution in [1.29, 1.82) is 0 Å². The molecule has 2 aromatic heterocycles. The van der Waals surface area contributed by atoms with Crippen LogP contribution in [0.15, 0.2) is 107 Å². The molecule has 0 aliphatic carbocycles. The van der Waals surface area contributed by atoms with Gasteiger partial charge < -0.3 is 19.7 Å². The molecule has 0 saturated carbocycles. The second-order valence-corrected chi connectivity index (χ2v) is 14.5. The van der Waals surface area contributed by atoms with Crippen molar-refractivity contribution in [3.05, 3.63) is 129 Å². The van der Waals surface area contributed by atoms with Crippen LogP contribution in [0.1, 0.15) is 51.4 Å². The number of hydrogen-bond acceptors (Lipinski definition) is 10. The normalized spacial score (nSPS) is 16.5. The van der Waals surface area contributed by atoms with Gasteiger partial charge in [0.25, 0.3) is 11.1 Å². The monoisotopic (exact) mass is 770 g/mol. The maximum atomic E-state index is 13.6. The zero-order valence-electron chi connectivity index (χ0n) is 33.7. The van der Waals surface area contributed by atoms with Crippen LogP contribution in [0.5, 0.6) is 11.5 Å². The topological polar surface area (TPSA) is 110 Å². The molecular weight excluding hydrogens is 717 g/mol. The van der Waals surface area contributed by atoms with Crippen molar-refractivity contribution in [3.63, 3.8) is 0 Å². The molecule has 12 heteroatoms. The van der Waals surface area contributed by atoms with Crippen LogP contribution in [0.25, 0.3) is 33.2 Å². The van der Waals surface area contributed by atoms with Gasteiger partial charge in [-0.05, 0) is 83.3 Å². The van der Waals surface area contributed by atoms with Gasteiger partial charge in [-0.2, -0.15) is 0 Å². The molecule has 0 radical (unpaired) electrons. The first-order valence-corrected chi connectivity index (χ1v) is 20.2. The number of fused-ring (bicyclic) bond motifs is 2. The molecule has 1 N–H and O–H groups in total. The van der Waals surface area contributed by atoms with Crippen LogP contribution in [0.4, 0.5) is 0 Å². The first-order chi connectivity index (χ1) is 27.8. The summed E-state index contributed by atoms with van der Waals surface area (Å²) in [6.07, 6.45) is 0. The summed E-state index contributed by atoms with van der Waals surface area (Å²) >= 11 is 0. The van der Waals surface area contributed by atoms with E-state index in [0.29, 0.717) is 35.5 Å². The predicted octanol–water partition coefficient (Wildman–Crippen LogP) is 5.84. The molecule has 57 heavy (non-hydrogen) atoms. The Kier molecular flexibility index (Phi) is 12.7. The SMILES string of the molecule is CCOc1ccccc1-n1c(C(C)N2CCN(C)CC2)nc2ccccc2c1=O.CCOc1ccccc1-n1c(C(C)N2CCNCC2)nc2ccccc2c1=O. The van der Waals surface area contributed by atoms with Crippen molar-refractivity contribution in [1.82, 2.24) is 39.1 Å². The van der Waals surface area contributed by atoms with Crippen LogP contribution < -0.4 is 25.9 Å². The maximum Gasteiger partial charge on any atom is 0.266 e. The lowest BCUT2D eigenvalue weighted by molar-refractivity contribution is 0.114. The van der Waals surface area contributed by atoms with Crippen molar-refractivity contribution in [2.75, 3.05) is 72.6 Å². The van der Waals surface area contributed by atoms with Crippen molar-refractivity contribution in [2.24, 2.45) is 0 Å². The number of para-hydroxylation sites is 6. The Bertz CT molecular complexity index is 2420. The van der Waals surface area contributed by atoms with E-state index in [2.05, 4.69) is 40.9 Å². The lowest BCUT2D eigenvalue weighted by Gasteiger charge is -2.36. The standard InChI is InChI=1S/C23H28N4O2.C22H26N4O2/c1-4-29-21-12-8-7-11-20(21)27-22(17(2)26-15-13-25(3)14-16-26)24-19-10-6-5-9-18(19)23(27)28;1-3-28-20-11-7-6-10-19(20)26-21(16(2)25-14-12-23-13-15-25)24-18-9-5-4-8-17(18)22(26)27/h5-12,17H,4,13-16H2,1-3H3;4-11,16,23H,3,12-15H2,1-2H3. The second kappa shape index (κ2) is 18.2. The van der Waals surface area contributed by atoms with Crippen molar-refractivity contribution >= 4 is 21.8 Å². The fraction of sp³-hybridized carbons (Fsp3) is 0.378. The Morgan fingerprint density at radius 2 is 0.982 bits per heavy atom. The summed E-state index contributed by atoms with van der Waals surface area (Å²) in [4.78, 5) is 44.1. The summed E-state index contributed by atoms with van der Waals surface area (Å²) in [5.41, 5.74) is 2.83. The van der Waals surface area contributed by atoms with E-state index in [9.17, 15) is 9.59 Å². The number of likely N-dealkylation sites (N-methyl/N-ethyl adjacent to an activating group) is 1. The summed E-state index contributed by atoms with van der Waals surface area (Å²) in [6.45, 7) is 16.9. The predicted molar refractivity (Wildman–Crippen MR) is 227 cm³/mol. The molecular formula is C45H54N8O4. The summed E-state index contributed by atoms with van der Waals surface area (Å²) in [5, 5.41) is 4.62. The summed E-state index contributed by atoms with van der Waals surface area (Å²) in [6, 6.07) is 30.5. The third-order valence-electron chi connectivity index (χ3n) is 10.9. The van der Waals surface area contributed by atoms with Gasteiger partial charge in [0.15, 0.2) is 0 Å². The maximum absolute atomic E-state index is 13.6. The highest BCUT2D eigenvalue weighted by atomic mass is 16.5. The first-order valence-electron chi connectivity index (χ1n) is 20.2. The van der Waals surface area contributed by atoms with E-state index in [0.717, 1.165) is 86.4 Å². The van der Waals surface area contributed by atoms with Crippen LogP contribution in [-0.2, 0) is 0 Å². The van der Waals surface area contributed by atoms with Gasteiger partial charge in [-0.25, -0.2) is 9.97 Å². The van der Waals surface area contributed by atoms with E-state index in [-0.39, 0.29) is 23.2 Å². The quantitative estimate of drug-likeness (QED) is 0.183. The Balaban J connectivity index is 0.000000174. The largest absolute Gasteiger partial charge is 0.492 e. The van der Waals surface area contributed by atoms with Crippen LogP contribution in [0.3, 0.4) is 0 Å². The fourth-order valence-corrected chi connectivity index (χ4v) is 7.77. The number of benzene rings is 4. The van der Waals surface area contributed by atoms with Crippen LogP contribution in [-0.4, -0.2) is 106 Å². The van der Waals surface area contributed by atoms with Gasteiger partial charge in [-0.15, -0.1) is 0 Å². The molecule has 4 heterocycles. The number of hydrogen-bond donors (Lipinski definition) is 1. The Hall–Kier alpha value is -5.40. The molecule has 0 bridgehead atoms. The smallest absolute Gasteiger partial charge is 0.266 e. The van der Waals surface area contributed by atoms with Crippen LogP contribution in [0.2, 0.25) is 0 Å². The van der Waals surface area contributed by atoms with Gasteiger partial charge >= 0.3 is 0 Å². The van der Waals surface area contributed by atoms with E-state index in [1.54, 1.807) is 9.13 Å². The Morgan fingerprint density at radius 1 is 0.579 bits per heavy atom. The number of nitrogens with zero attached hydrogens (tertiary/aromatic N) is 7. The molecule has 0 amide bonds. The van der Waals surface area contributed by atoms with Gasteiger partial charge in [0.1, 0.15) is 23.1 Å². The molecule has 2 aliphatic heterocycles. The Labute approximate surface area is 334 Å². The molecule has 2 saturated heterocycles. The molecule has 2 unspecified atom stereocenters. The van der Waals surface area contributed by atoms with Gasteiger partial charge in [0, 0.05) is 52.4 Å². The molecule has 2 aliphatic rings. The second-order valence-electron chi connectivity index (χ2n) is 14.5. The van der Waals surface area contributed by atoms with E-state index in [4.69, 9.17) is 19.4 Å². The molecule has 8 rings (SSSR count). The zero-order chi connectivity index (χ0) is 39.9. The molecule has 2 atom stereocenters. The lowest BCUT2D eigenvalue weighted by Crippen LogP contribution is -2.46. The number of aromatic nitrogens is 4. The van der Waals surface area contributed by atoms with E-state index in [1.807, 2.05) is 111 Å². The van der Waals surface area contributed by atoms with E-state index in [1.165, 1.54) is 0 Å². The molecule has 298 valence electrons. The minimum absolute atomic E-state index is 0.00842. The Morgan fingerprint density at radius 3 is 1.44 bits per heavy atom. The number of rotatable bonds is 10. The van der Waals surface area contributed by atoms with Crippen molar-refractivity contribution in [2.45, 2.75) is 39.8 Å². The van der Waals surface area contributed by atoms with E-state index < -0.39 is 0 Å². The van der Waals surface area contributed by atoms with E-state index >= 15 is 0 Å². The highest BCUT2D eigenvalue weighted by molar-refractivity contribution is 5.79. The third kappa shape index (κ3) is 8.50. The molecule has 6 aromatic rings.